The molecule has 1 saturated carbocycles. The maximum Gasteiger partial charge on any atom is -0.0414 e. The van der Waals surface area contributed by atoms with E-state index in [2.05, 4.69) is 13.8 Å². The van der Waals surface area contributed by atoms with E-state index < -0.39 is 0 Å². The van der Waals surface area contributed by atoms with Crippen LogP contribution < -0.4 is 0 Å². The highest BCUT2D eigenvalue weighted by Crippen LogP contribution is 2.30. The van der Waals surface area contributed by atoms with Crippen LogP contribution in [0.2, 0.25) is 0 Å². The largest absolute Gasteiger partial charge is 0.0654 e. The molecule has 0 heteroatoms. The van der Waals surface area contributed by atoms with Crippen LogP contribution in [0.25, 0.3) is 0 Å². The third kappa shape index (κ3) is 6.22. The molecule has 0 N–H and O–H groups in total. The molecule has 1 aliphatic rings. The predicted octanol–water partition coefficient (Wildman–Crippen LogP) is 5.56. The first kappa shape index (κ1) is 13.1. The van der Waals surface area contributed by atoms with Crippen LogP contribution in [0.4, 0.5) is 0 Å². The standard InChI is InChI=1S/C15H30/c1-3-4-5-6-7-10-15-11-8-9-14(2)12-13-15/h14-15H,3-13H2,1-2H3. The first-order chi connectivity index (χ1) is 7.33. The summed E-state index contributed by atoms with van der Waals surface area (Å²) in [5.74, 6) is 2.09. The normalized spacial score (nSPS) is 27.6. The predicted molar refractivity (Wildman–Crippen MR) is 69.1 cm³/mol. The van der Waals surface area contributed by atoms with Gasteiger partial charge in [-0.1, -0.05) is 84.5 Å². The van der Waals surface area contributed by atoms with Gasteiger partial charge in [-0.15, -0.1) is 0 Å². The van der Waals surface area contributed by atoms with Crippen molar-refractivity contribution in [2.75, 3.05) is 0 Å². The maximum absolute atomic E-state index is 2.43. The second-order valence-corrected chi connectivity index (χ2v) is 5.68. The molecule has 0 aromatic rings. The highest BCUT2D eigenvalue weighted by molar-refractivity contribution is 4.68. The van der Waals surface area contributed by atoms with Crippen LogP contribution >= 0.6 is 0 Å². The minimum Gasteiger partial charge on any atom is -0.0654 e. The molecule has 0 saturated heterocycles. The van der Waals surface area contributed by atoms with Crippen molar-refractivity contribution in [3.63, 3.8) is 0 Å². The van der Waals surface area contributed by atoms with E-state index in [1.54, 1.807) is 0 Å². The van der Waals surface area contributed by atoms with Crippen molar-refractivity contribution in [2.45, 2.75) is 84.5 Å². The van der Waals surface area contributed by atoms with Crippen molar-refractivity contribution < 1.29 is 0 Å². The van der Waals surface area contributed by atoms with Gasteiger partial charge in [0.2, 0.25) is 0 Å². The summed E-state index contributed by atoms with van der Waals surface area (Å²) >= 11 is 0. The summed E-state index contributed by atoms with van der Waals surface area (Å²) in [6, 6.07) is 0. The molecular weight excluding hydrogens is 180 g/mol. The van der Waals surface area contributed by atoms with E-state index in [1.165, 1.54) is 70.6 Å². The van der Waals surface area contributed by atoms with Crippen molar-refractivity contribution in [1.82, 2.24) is 0 Å². The van der Waals surface area contributed by atoms with Gasteiger partial charge in [-0.3, -0.25) is 0 Å². The maximum atomic E-state index is 2.43. The van der Waals surface area contributed by atoms with E-state index in [-0.39, 0.29) is 0 Å². The zero-order valence-corrected chi connectivity index (χ0v) is 10.9. The summed E-state index contributed by atoms with van der Waals surface area (Å²) in [5, 5.41) is 0. The molecule has 0 aliphatic heterocycles. The van der Waals surface area contributed by atoms with Gasteiger partial charge in [0.25, 0.3) is 0 Å². The van der Waals surface area contributed by atoms with Gasteiger partial charge < -0.3 is 0 Å². The van der Waals surface area contributed by atoms with Crippen LogP contribution in [-0.2, 0) is 0 Å². The molecule has 0 amide bonds. The monoisotopic (exact) mass is 210 g/mol. The van der Waals surface area contributed by atoms with Crippen molar-refractivity contribution in [3.05, 3.63) is 0 Å². The quantitative estimate of drug-likeness (QED) is 0.397. The lowest BCUT2D eigenvalue weighted by Crippen LogP contribution is -1.99. The number of unbranched alkanes of at least 4 members (excludes halogenated alkanes) is 4. The molecule has 15 heavy (non-hydrogen) atoms. The molecule has 2 atom stereocenters. The molecule has 0 aromatic carbocycles. The Morgan fingerprint density at radius 3 is 2.47 bits per heavy atom. The molecule has 1 aliphatic carbocycles. The fourth-order valence-electron chi connectivity index (χ4n) is 2.89. The van der Waals surface area contributed by atoms with Crippen molar-refractivity contribution in [3.8, 4) is 0 Å². The molecule has 1 fully saturated rings. The Bertz CT molecular complexity index is 139. The lowest BCUT2D eigenvalue weighted by atomic mass is 9.93. The zero-order valence-electron chi connectivity index (χ0n) is 10.9. The molecule has 0 heterocycles. The van der Waals surface area contributed by atoms with Gasteiger partial charge in [0.05, 0.1) is 0 Å². The van der Waals surface area contributed by atoms with E-state index in [0.29, 0.717) is 0 Å². The van der Waals surface area contributed by atoms with Crippen LogP contribution in [0.15, 0.2) is 0 Å². The van der Waals surface area contributed by atoms with Gasteiger partial charge >= 0.3 is 0 Å². The first-order valence-electron chi connectivity index (χ1n) is 7.33. The van der Waals surface area contributed by atoms with Crippen LogP contribution in [0.3, 0.4) is 0 Å². The molecular formula is C15H30. The molecule has 0 nitrogen and oxygen atoms in total. The fourth-order valence-corrected chi connectivity index (χ4v) is 2.89. The molecule has 0 bridgehead atoms. The SMILES string of the molecule is CCCCCCCC1CCCC(C)CC1. The zero-order chi connectivity index (χ0) is 10.9. The lowest BCUT2D eigenvalue weighted by Gasteiger charge is -2.13. The van der Waals surface area contributed by atoms with E-state index >= 15 is 0 Å². The average Bonchev–Trinajstić information content (AvgIpc) is 2.43. The Morgan fingerprint density at radius 2 is 1.67 bits per heavy atom. The topological polar surface area (TPSA) is 0 Å². The van der Waals surface area contributed by atoms with Crippen molar-refractivity contribution in [2.24, 2.45) is 11.8 Å². The molecule has 0 aromatic heterocycles. The van der Waals surface area contributed by atoms with Gasteiger partial charge in [0.1, 0.15) is 0 Å². The van der Waals surface area contributed by atoms with Crippen LogP contribution in [0.1, 0.15) is 84.5 Å². The van der Waals surface area contributed by atoms with Gasteiger partial charge in [0, 0.05) is 0 Å². The molecule has 0 radical (unpaired) electrons. The van der Waals surface area contributed by atoms with Crippen LogP contribution in [0, 0.1) is 11.8 Å². The van der Waals surface area contributed by atoms with Crippen LogP contribution in [0.5, 0.6) is 0 Å². The van der Waals surface area contributed by atoms with E-state index in [0.717, 1.165) is 11.8 Å². The summed E-state index contributed by atoms with van der Waals surface area (Å²) in [6.07, 6.45) is 16.3. The van der Waals surface area contributed by atoms with E-state index in [9.17, 15) is 0 Å². The van der Waals surface area contributed by atoms with Crippen LogP contribution in [-0.4, -0.2) is 0 Å². The first-order valence-corrected chi connectivity index (χ1v) is 7.33. The average molecular weight is 210 g/mol. The summed E-state index contributed by atoms with van der Waals surface area (Å²) in [7, 11) is 0. The van der Waals surface area contributed by atoms with E-state index in [1.807, 2.05) is 0 Å². The summed E-state index contributed by atoms with van der Waals surface area (Å²) < 4.78 is 0. The number of hydrogen-bond donors (Lipinski definition) is 0. The smallest absolute Gasteiger partial charge is 0.0414 e. The second-order valence-electron chi connectivity index (χ2n) is 5.68. The minimum absolute atomic E-state index is 1.01. The summed E-state index contributed by atoms with van der Waals surface area (Å²) in [5.41, 5.74) is 0. The third-order valence-corrected chi connectivity index (χ3v) is 4.09. The molecule has 1 rings (SSSR count). The second kappa shape index (κ2) is 8.19. The molecule has 90 valence electrons. The van der Waals surface area contributed by atoms with Crippen molar-refractivity contribution >= 4 is 0 Å². The third-order valence-electron chi connectivity index (χ3n) is 4.09. The van der Waals surface area contributed by atoms with Gasteiger partial charge in [-0.05, 0) is 11.8 Å². The Morgan fingerprint density at radius 1 is 0.867 bits per heavy atom. The molecule has 0 spiro atoms. The van der Waals surface area contributed by atoms with E-state index in [4.69, 9.17) is 0 Å². The Balaban J connectivity index is 2.00. The number of rotatable bonds is 6. The van der Waals surface area contributed by atoms with Crippen molar-refractivity contribution in [1.29, 1.82) is 0 Å². The highest BCUT2D eigenvalue weighted by Gasteiger charge is 2.15. The van der Waals surface area contributed by atoms with Gasteiger partial charge in [0.15, 0.2) is 0 Å². The number of hydrogen-bond acceptors (Lipinski definition) is 0. The summed E-state index contributed by atoms with van der Waals surface area (Å²) in [6.45, 7) is 4.73. The fraction of sp³-hybridized carbons (Fsp3) is 1.00. The Kier molecular flexibility index (Phi) is 7.13. The minimum atomic E-state index is 1.01. The Hall–Kier alpha value is 0. The van der Waals surface area contributed by atoms with Gasteiger partial charge in [-0.25, -0.2) is 0 Å². The highest BCUT2D eigenvalue weighted by atomic mass is 14.2. The van der Waals surface area contributed by atoms with Gasteiger partial charge in [-0.2, -0.15) is 0 Å². The molecule has 2 unspecified atom stereocenters. The summed E-state index contributed by atoms with van der Waals surface area (Å²) in [4.78, 5) is 0. The lowest BCUT2D eigenvalue weighted by molar-refractivity contribution is 0.398. The Labute approximate surface area is 96.8 Å².